The summed E-state index contributed by atoms with van der Waals surface area (Å²) in [5.41, 5.74) is 2.11. The first kappa shape index (κ1) is 12.7. The first-order valence-corrected chi connectivity index (χ1v) is 6.65. The first-order valence-electron chi connectivity index (χ1n) is 6.65. The highest BCUT2D eigenvalue weighted by molar-refractivity contribution is 5.81. The minimum absolute atomic E-state index is 0.000353. The van der Waals surface area contributed by atoms with Crippen molar-refractivity contribution >= 4 is 11.0 Å². The number of ether oxygens (including phenoxy) is 2. The molecule has 0 spiro atoms. The highest BCUT2D eigenvalue weighted by atomic mass is 16.6. The molecule has 4 heteroatoms. The van der Waals surface area contributed by atoms with Crippen LogP contribution in [0.15, 0.2) is 28.7 Å². The lowest BCUT2D eigenvalue weighted by Gasteiger charge is -2.28. The van der Waals surface area contributed by atoms with E-state index in [9.17, 15) is 0 Å². The topological polar surface area (TPSA) is 43.6 Å². The Balaban J connectivity index is 1.94. The van der Waals surface area contributed by atoms with Gasteiger partial charge in [0.15, 0.2) is 0 Å². The quantitative estimate of drug-likeness (QED) is 0.921. The Hall–Kier alpha value is -1.36. The van der Waals surface area contributed by atoms with Crippen molar-refractivity contribution in [2.45, 2.75) is 19.1 Å². The second-order valence-corrected chi connectivity index (χ2v) is 4.89. The van der Waals surface area contributed by atoms with Crippen LogP contribution < -0.4 is 5.32 Å². The average Bonchev–Trinajstić information content (AvgIpc) is 2.86. The van der Waals surface area contributed by atoms with E-state index in [1.807, 2.05) is 13.1 Å². The molecule has 1 saturated heterocycles. The third-order valence-electron chi connectivity index (χ3n) is 3.59. The molecule has 2 unspecified atom stereocenters. The van der Waals surface area contributed by atoms with Crippen molar-refractivity contribution in [3.63, 3.8) is 0 Å². The minimum atomic E-state index is -0.000353. The molecule has 1 aliphatic heterocycles. The van der Waals surface area contributed by atoms with Gasteiger partial charge in [0.2, 0.25) is 0 Å². The number of nitrogens with one attached hydrogen (secondary N) is 1. The maximum atomic E-state index is 6.01. The number of aryl methyl sites for hydroxylation is 1. The SMILES string of the molecule is CNC(c1cc2cccc(C)c2o1)C1COCCO1. The van der Waals surface area contributed by atoms with Gasteiger partial charge in [-0.3, -0.25) is 0 Å². The average molecular weight is 261 g/mol. The summed E-state index contributed by atoms with van der Waals surface area (Å²) in [5.74, 6) is 0.905. The van der Waals surface area contributed by atoms with Crippen molar-refractivity contribution in [2.24, 2.45) is 0 Å². The lowest BCUT2D eigenvalue weighted by atomic mass is 10.1. The maximum absolute atomic E-state index is 6.01. The molecule has 1 aromatic heterocycles. The zero-order valence-electron chi connectivity index (χ0n) is 11.3. The van der Waals surface area contributed by atoms with Crippen LogP contribution in [0.5, 0.6) is 0 Å². The summed E-state index contributed by atoms with van der Waals surface area (Å²) in [6.07, 6.45) is -0.000353. The molecule has 1 N–H and O–H groups in total. The number of likely N-dealkylation sites (N-methyl/N-ethyl adjacent to an activating group) is 1. The Morgan fingerprint density at radius 3 is 2.89 bits per heavy atom. The Morgan fingerprint density at radius 2 is 2.21 bits per heavy atom. The van der Waals surface area contributed by atoms with Gasteiger partial charge in [0.1, 0.15) is 17.4 Å². The van der Waals surface area contributed by atoms with Crippen LogP contribution in [0, 0.1) is 6.92 Å². The molecule has 1 aliphatic rings. The number of hydrogen-bond acceptors (Lipinski definition) is 4. The van der Waals surface area contributed by atoms with Gasteiger partial charge < -0.3 is 19.2 Å². The van der Waals surface area contributed by atoms with Crippen molar-refractivity contribution in [1.82, 2.24) is 5.32 Å². The van der Waals surface area contributed by atoms with E-state index in [4.69, 9.17) is 13.9 Å². The molecule has 0 amide bonds. The molecule has 2 heterocycles. The maximum Gasteiger partial charge on any atom is 0.137 e. The number of rotatable bonds is 3. The molecule has 1 fully saturated rings. The molecule has 0 radical (unpaired) electrons. The van der Waals surface area contributed by atoms with E-state index < -0.39 is 0 Å². The van der Waals surface area contributed by atoms with Crippen LogP contribution in [0.4, 0.5) is 0 Å². The molecule has 2 aromatic rings. The van der Waals surface area contributed by atoms with E-state index in [0.717, 1.165) is 22.3 Å². The molecule has 3 rings (SSSR count). The molecule has 4 nitrogen and oxygen atoms in total. The highest BCUT2D eigenvalue weighted by Crippen LogP contribution is 2.29. The Bertz CT molecular complexity index is 558. The van der Waals surface area contributed by atoms with Crippen molar-refractivity contribution in [3.05, 3.63) is 35.6 Å². The van der Waals surface area contributed by atoms with Gasteiger partial charge >= 0.3 is 0 Å². The summed E-state index contributed by atoms with van der Waals surface area (Å²) >= 11 is 0. The minimum Gasteiger partial charge on any atom is -0.459 e. The van der Waals surface area contributed by atoms with Crippen LogP contribution >= 0.6 is 0 Å². The summed E-state index contributed by atoms with van der Waals surface area (Å²) in [4.78, 5) is 0. The van der Waals surface area contributed by atoms with Crippen LogP contribution in [-0.4, -0.2) is 33.0 Å². The number of fused-ring (bicyclic) bond motifs is 1. The fourth-order valence-electron chi connectivity index (χ4n) is 2.59. The van der Waals surface area contributed by atoms with E-state index in [2.05, 4.69) is 30.4 Å². The van der Waals surface area contributed by atoms with Gasteiger partial charge in [-0.2, -0.15) is 0 Å². The third kappa shape index (κ3) is 2.39. The number of furan rings is 1. The fraction of sp³-hybridized carbons (Fsp3) is 0.467. The van der Waals surface area contributed by atoms with E-state index in [1.165, 1.54) is 0 Å². The predicted molar refractivity (Wildman–Crippen MR) is 73.3 cm³/mol. The van der Waals surface area contributed by atoms with Crippen molar-refractivity contribution in [2.75, 3.05) is 26.9 Å². The van der Waals surface area contributed by atoms with Gasteiger partial charge in [-0.15, -0.1) is 0 Å². The highest BCUT2D eigenvalue weighted by Gasteiger charge is 2.28. The van der Waals surface area contributed by atoms with Crippen molar-refractivity contribution in [3.8, 4) is 0 Å². The van der Waals surface area contributed by atoms with E-state index in [-0.39, 0.29) is 12.1 Å². The summed E-state index contributed by atoms with van der Waals surface area (Å²) < 4.78 is 17.2. The number of hydrogen-bond donors (Lipinski definition) is 1. The second-order valence-electron chi connectivity index (χ2n) is 4.89. The van der Waals surface area contributed by atoms with Crippen molar-refractivity contribution in [1.29, 1.82) is 0 Å². The predicted octanol–water partition coefficient (Wildman–Crippen LogP) is 2.42. The molecule has 19 heavy (non-hydrogen) atoms. The Labute approximate surface area is 112 Å². The summed E-state index contributed by atoms with van der Waals surface area (Å²) in [6.45, 7) is 3.97. The van der Waals surface area contributed by atoms with Gasteiger partial charge in [-0.05, 0) is 25.6 Å². The Kier molecular flexibility index (Phi) is 3.55. The van der Waals surface area contributed by atoms with Gasteiger partial charge in [0.25, 0.3) is 0 Å². The smallest absolute Gasteiger partial charge is 0.137 e. The lowest BCUT2D eigenvalue weighted by molar-refractivity contribution is -0.103. The number of benzene rings is 1. The van der Waals surface area contributed by atoms with Crippen LogP contribution in [0.25, 0.3) is 11.0 Å². The number of para-hydroxylation sites is 1. The lowest BCUT2D eigenvalue weighted by Crippen LogP contribution is -2.39. The van der Waals surface area contributed by atoms with Gasteiger partial charge in [-0.25, -0.2) is 0 Å². The largest absolute Gasteiger partial charge is 0.459 e. The summed E-state index contributed by atoms with van der Waals surface area (Å²) in [7, 11) is 1.92. The zero-order valence-corrected chi connectivity index (χ0v) is 11.3. The van der Waals surface area contributed by atoms with Gasteiger partial charge in [0.05, 0.1) is 25.9 Å². The van der Waals surface area contributed by atoms with E-state index in [1.54, 1.807) is 0 Å². The molecule has 0 aliphatic carbocycles. The molecular weight excluding hydrogens is 242 g/mol. The van der Waals surface area contributed by atoms with Crippen LogP contribution in [-0.2, 0) is 9.47 Å². The molecule has 2 atom stereocenters. The van der Waals surface area contributed by atoms with E-state index >= 15 is 0 Å². The fourth-order valence-corrected chi connectivity index (χ4v) is 2.59. The van der Waals surface area contributed by atoms with Crippen LogP contribution in [0.1, 0.15) is 17.4 Å². The van der Waals surface area contributed by atoms with Gasteiger partial charge in [0, 0.05) is 5.39 Å². The third-order valence-corrected chi connectivity index (χ3v) is 3.59. The Morgan fingerprint density at radius 1 is 1.32 bits per heavy atom. The molecule has 0 bridgehead atoms. The molecule has 102 valence electrons. The van der Waals surface area contributed by atoms with E-state index in [0.29, 0.717) is 19.8 Å². The first-order chi connectivity index (χ1) is 9.29. The zero-order chi connectivity index (χ0) is 13.2. The standard InChI is InChI=1S/C15H19NO3/c1-10-4-3-5-11-8-12(19-15(10)11)14(16-2)13-9-17-6-7-18-13/h3-5,8,13-14,16H,6-7,9H2,1-2H3. The normalized spacial score (nSPS) is 21.7. The monoisotopic (exact) mass is 261 g/mol. The van der Waals surface area contributed by atoms with Crippen LogP contribution in [0.2, 0.25) is 0 Å². The molecular formula is C15H19NO3. The summed E-state index contributed by atoms with van der Waals surface area (Å²) in [5, 5.41) is 4.40. The van der Waals surface area contributed by atoms with Crippen LogP contribution in [0.3, 0.4) is 0 Å². The molecule has 0 saturated carbocycles. The van der Waals surface area contributed by atoms with Crippen molar-refractivity contribution < 1.29 is 13.9 Å². The molecule has 1 aromatic carbocycles. The second kappa shape index (κ2) is 5.33. The summed E-state index contributed by atoms with van der Waals surface area (Å²) in [6, 6.07) is 8.28. The van der Waals surface area contributed by atoms with Gasteiger partial charge in [-0.1, -0.05) is 18.2 Å².